The molecular formula is C17H20N2O3S. The maximum atomic E-state index is 12.6. The van der Waals surface area contributed by atoms with Gasteiger partial charge < -0.3 is 5.32 Å². The number of nitrogens with one attached hydrogen (secondary N) is 2. The van der Waals surface area contributed by atoms with Gasteiger partial charge in [-0.25, -0.2) is 8.42 Å². The van der Waals surface area contributed by atoms with Crippen LogP contribution < -0.4 is 10.0 Å². The summed E-state index contributed by atoms with van der Waals surface area (Å²) in [5.41, 5.74) is 1.65. The quantitative estimate of drug-likeness (QED) is 0.884. The first-order valence-electron chi connectivity index (χ1n) is 7.29. The molecule has 0 aliphatic carbocycles. The second kappa shape index (κ2) is 6.83. The first-order chi connectivity index (χ1) is 10.8. The van der Waals surface area contributed by atoms with Crippen LogP contribution in [0.25, 0.3) is 0 Å². The number of carbonyl (C=O) groups is 1. The Morgan fingerprint density at radius 3 is 2.17 bits per heavy atom. The maximum Gasteiger partial charge on any atom is 0.262 e. The number of hydrogen-bond donors (Lipinski definition) is 2. The van der Waals surface area contributed by atoms with Crippen molar-refractivity contribution in [3.63, 3.8) is 0 Å². The lowest BCUT2D eigenvalue weighted by atomic mass is 10.0. The van der Waals surface area contributed by atoms with Gasteiger partial charge in [-0.2, -0.15) is 0 Å². The average Bonchev–Trinajstić information content (AvgIpc) is 2.54. The fourth-order valence-corrected chi connectivity index (χ4v) is 3.67. The lowest BCUT2D eigenvalue weighted by Crippen LogP contribution is -2.18. The van der Waals surface area contributed by atoms with Gasteiger partial charge in [-0.3, -0.25) is 9.52 Å². The van der Waals surface area contributed by atoms with Gasteiger partial charge in [-0.05, 0) is 41.8 Å². The highest BCUT2D eigenvalue weighted by molar-refractivity contribution is 7.92. The van der Waals surface area contributed by atoms with Gasteiger partial charge in [0.1, 0.15) is 0 Å². The summed E-state index contributed by atoms with van der Waals surface area (Å²) >= 11 is 0. The zero-order valence-electron chi connectivity index (χ0n) is 13.3. The SMILES string of the molecule is CNC(=O)c1ccc(NS(=O)(=O)c2ccccc2C(C)C)cc1. The number of sulfonamides is 1. The van der Waals surface area contributed by atoms with Gasteiger partial charge in [0.05, 0.1) is 4.90 Å². The van der Waals surface area contributed by atoms with E-state index in [4.69, 9.17) is 0 Å². The van der Waals surface area contributed by atoms with Gasteiger partial charge in [0, 0.05) is 18.3 Å². The first-order valence-corrected chi connectivity index (χ1v) is 8.77. The summed E-state index contributed by atoms with van der Waals surface area (Å²) in [4.78, 5) is 11.8. The number of benzene rings is 2. The van der Waals surface area contributed by atoms with Crippen LogP contribution in [0, 0.1) is 0 Å². The summed E-state index contributed by atoms with van der Waals surface area (Å²) in [5, 5.41) is 2.52. The highest BCUT2D eigenvalue weighted by Crippen LogP contribution is 2.25. The summed E-state index contributed by atoms with van der Waals surface area (Å²) in [5.74, 6) is -0.122. The molecule has 0 unspecified atom stereocenters. The van der Waals surface area contributed by atoms with Crippen LogP contribution in [0.3, 0.4) is 0 Å². The zero-order valence-corrected chi connectivity index (χ0v) is 14.1. The molecule has 2 aromatic carbocycles. The van der Waals surface area contributed by atoms with Crippen LogP contribution in [0.4, 0.5) is 5.69 Å². The molecule has 6 heteroatoms. The van der Waals surface area contributed by atoms with Crippen molar-refractivity contribution in [2.75, 3.05) is 11.8 Å². The third kappa shape index (κ3) is 3.90. The zero-order chi connectivity index (χ0) is 17.0. The fraction of sp³-hybridized carbons (Fsp3) is 0.235. The number of rotatable bonds is 5. The van der Waals surface area contributed by atoms with Crippen molar-refractivity contribution in [1.82, 2.24) is 5.32 Å². The van der Waals surface area contributed by atoms with Crippen molar-refractivity contribution >= 4 is 21.6 Å². The Labute approximate surface area is 136 Å². The molecule has 5 nitrogen and oxygen atoms in total. The highest BCUT2D eigenvalue weighted by atomic mass is 32.2. The summed E-state index contributed by atoms with van der Waals surface area (Å²) in [6, 6.07) is 13.2. The Morgan fingerprint density at radius 1 is 1.00 bits per heavy atom. The molecule has 0 aromatic heterocycles. The lowest BCUT2D eigenvalue weighted by molar-refractivity contribution is 0.0963. The number of anilines is 1. The van der Waals surface area contributed by atoms with Crippen molar-refractivity contribution in [2.45, 2.75) is 24.7 Å². The molecular weight excluding hydrogens is 312 g/mol. The summed E-state index contributed by atoms with van der Waals surface area (Å²) in [6.07, 6.45) is 0. The molecule has 0 radical (unpaired) electrons. The van der Waals surface area contributed by atoms with Crippen molar-refractivity contribution in [2.24, 2.45) is 0 Å². The van der Waals surface area contributed by atoms with E-state index in [9.17, 15) is 13.2 Å². The average molecular weight is 332 g/mol. The molecule has 2 rings (SSSR count). The molecule has 0 saturated carbocycles. The Kier molecular flexibility index (Phi) is 5.05. The molecule has 122 valence electrons. The van der Waals surface area contributed by atoms with E-state index in [1.54, 1.807) is 43.4 Å². The van der Waals surface area contributed by atoms with E-state index in [0.717, 1.165) is 5.56 Å². The van der Waals surface area contributed by atoms with Gasteiger partial charge in [0.25, 0.3) is 15.9 Å². The van der Waals surface area contributed by atoms with E-state index in [0.29, 0.717) is 11.3 Å². The van der Waals surface area contributed by atoms with Gasteiger partial charge in [0.15, 0.2) is 0 Å². The van der Waals surface area contributed by atoms with E-state index < -0.39 is 10.0 Å². The molecule has 0 saturated heterocycles. The van der Waals surface area contributed by atoms with Crippen molar-refractivity contribution in [3.8, 4) is 0 Å². The molecule has 2 N–H and O–H groups in total. The van der Waals surface area contributed by atoms with Crippen LogP contribution in [0.5, 0.6) is 0 Å². The van der Waals surface area contributed by atoms with Crippen LogP contribution in [0.2, 0.25) is 0 Å². The number of amides is 1. The molecule has 0 spiro atoms. The largest absolute Gasteiger partial charge is 0.355 e. The standard InChI is InChI=1S/C17H20N2O3S/c1-12(2)15-6-4-5-7-16(15)23(21,22)19-14-10-8-13(9-11-14)17(20)18-3/h4-12,19H,1-3H3,(H,18,20). The summed E-state index contributed by atoms with van der Waals surface area (Å²) in [6.45, 7) is 3.90. The van der Waals surface area contributed by atoms with Crippen LogP contribution in [0.15, 0.2) is 53.4 Å². The minimum absolute atomic E-state index is 0.0957. The van der Waals surface area contributed by atoms with E-state index in [2.05, 4.69) is 10.0 Å². The molecule has 0 bridgehead atoms. The molecule has 0 aliphatic rings. The smallest absolute Gasteiger partial charge is 0.262 e. The molecule has 2 aromatic rings. The van der Waals surface area contributed by atoms with Crippen LogP contribution in [-0.2, 0) is 10.0 Å². The normalized spacial score (nSPS) is 11.3. The summed E-state index contributed by atoms with van der Waals surface area (Å²) < 4.78 is 27.8. The first kappa shape index (κ1) is 17.0. The van der Waals surface area contributed by atoms with E-state index in [-0.39, 0.29) is 16.7 Å². The van der Waals surface area contributed by atoms with E-state index >= 15 is 0 Å². The van der Waals surface area contributed by atoms with Crippen LogP contribution >= 0.6 is 0 Å². The van der Waals surface area contributed by atoms with Gasteiger partial charge in [-0.15, -0.1) is 0 Å². The fourth-order valence-electron chi connectivity index (χ4n) is 2.25. The molecule has 0 atom stereocenters. The van der Waals surface area contributed by atoms with Gasteiger partial charge in [-0.1, -0.05) is 32.0 Å². The van der Waals surface area contributed by atoms with Crippen LogP contribution in [0.1, 0.15) is 35.7 Å². The van der Waals surface area contributed by atoms with E-state index in [1.807, 2.05) is 26.0 Å². The second-order valence-corrected chi connectivity index (χ2v) is 7.11. The van der Waals surface area contributed by atoms with Gasteiger partial charge in [0.2, 0.25) is 0 Å². The second-order valence-electron chi connectivity index (χ2n) is 5.45. The predicted octanol–water partition coefficient (Wildman–Crippen LogP) is 2.97. The Bertz CT molecular complexity index is 797. The Balaban J connectivity index is 2.30. The predicted molar refractivity (Wildman–Crippen MR) is 91.2 cm³/mol. The number of hydrogen-bond acceptors (Lipinski definition) is 3. The van der Waals surface area contributed by atoms with Crippen LogP contribution in [-0.4, -0.2) is 21.4 Å². The highest BCUT2D eigenvalue weighted by Gasteiger charge is 2.19. The minimum atomic E-state index is -3.68. The minimum Gasteiger partial charge on any atom is -0.355 e. The van der Waals surface area contributed by atoms with E-state index in [1.165, 1.54) is 0 Å². The Morgan fingerprint density at radius 2 is 1.61 bits per heavy atom. The molecule has 0 fully saturated rings. The van der Waals surface area contributed by atoms with Crippen molar-refractivity contribution < 1.29 is 13.2 Å². The Hall–Kier alpha value is -2.34. The number of carbonyl (C=O) groups excluding carboxylic acids is 1. The van der Waals surface area contributed by atoms with Crippen molar-refractivity contribution in [1.29, 1.82) is 0 Å². The monoisotopic (exact) mass is 332 g/mol. The van der Waals surface area contributed by atoms with Crippen molar-refractivity contribution in [3.05, 3.63) is 59.7 Å². The molecule has 1 amide bonds. The third-order valence-electron chi connectivity index (χ3n) is 3.46. The lowest BCUT2D eigenvalue weighted by Gasteiger charge is -2.14. The topological polar surface area (TPSA) is 75.3 Å². The third-order valence-corrected chi connectivity index (χ3v) is 4.91. The molecule has 0 aliphatic heterocycles. The van der Waals surface area contributed by atoms with Gasteiger partial charge >= 0.3 is 0 Å². The molecule has 0 heterocycles. The molecule has 23 heavy (non-hydrogen) atoms. The summed E-state index contributed by atoms with van der Waals surface area (Å²) in [7, 11) is -2.13. The maximum absolute atomic E-state index is 12.6.